The van der Waals surface area contributed by atoms with Crippen LogP contribution in [-0.2, 0) is 0 Å². The number of hydrogen-bond donors (Lipinski definition) is 2. The van der Waals surface area contributed by atoms with Crippen LogP contribution in [0.3, 0.4) is 0 Å². The van der Waals surface area contributed by atoms with Gasteiger partial charge in [-0.15, -0.1) is 12.4 Å². The molecular formula is C11H14ClF3N2O. The highest BCUT2D eigenvalue weighted by Gasteiger charge is 2.27. The Balaban J connectivity index is 0.00000289. The monoisotopic (exact) mass is 282 g/mol. The van der Waals surface area contributed by atoms with Crippen molar-refractivity contribution in [2.45, 2.75) is 12.8 Å². The molecule has 1 amide bonds. The van der Waals surface area contributed by atoms with Crippen molar-refractivity contribution in [3.8, 4) is 0 Å². The number of hydrogen-bond acceptors (Lipinski definition) is 2. The van der Waals surface area contributed by atoms with E-state index in [-0.39, 0.29) is 18.0 Å². The van der Waals surface area contributed by atoms with Gasteiger partial charge < -0.3 is 11.1 Å². The first-order chi connectivity index (χ1) is 7.85. The Labute approximate surface area is 109 Å². The molecule has 102 valence electrons. The van der Waals surface area contributed by atoms with Crippen molar-refractivity contribution in [2.24, 2.45) is 5.73 Å². The quantitative estimate of drug-likeness (QED) is 0.886. The molecule has 0 aromatic heterocycles. The molecule has 7 heteroatoms. The third-order valence-corrected chi connectivity index (χ3v) is 2.24. The zero-order chi connectivity index (χ0) is 13.1. The van der Waals surface area contributed by atoms with Crippen molar-refractivity contribution in [2.75, 3.05) is 13.1 Å². The summed E-state index contributed by atoms with van der Waals surface area (Å²) >= 11 is 0. The van der Waals surface area contributed by atoms with Crippen molar-refractivity contribution < 1.29 is 18.0 Å². The van der Waals surface area contributed by atoms with E-state index in [0.29, 0.717) is 5.56 Å². The van der Waals surface area contributed by atoms with E-state index in [1.807, 2.05) is 0 Å². The number of carbonyl (C=O) groups is 1. The van der Waals surface area contributed by atoms with Crippen LogP contribution in [0.1, 0.15) is 15.9 Å². The molecule has 1 aromatic carbocycles. The molecule has 1 rings (SSSR count). The second-order valence-electron chi connectivity index (χ2n) is 3.70. The lowest BCUT2D eigenvalue weighted by molar-refractivity contribution is 0.0118. The van der Waals surface area contributed by atoms with Gasteiger partial charge in [0.1, 0.15) is 5.82 Å². The van der Waals surface area contributed by atoms with Crippen LogP contribution < -0.4 is 11.1 Å². The number of benzene rings is 1. The predicted molar refractivity (Wildman–Crippen MR) is 64.7 cm³/mol. The van der Waals surface area contributed by atoms with E-state index in [4.69, 9.17) is 5.73 Å². The van der Waals surface area contributed by atoms with Crippen molar-refractivity contribution >= 4 is 18.3 Å². The number of halogens is 4. The van der Waals surface area contributed by atoms with Crippen LogP contribution in [-0.4, -0.2) is 24.9 Å². The maximum Gasteiger partial charge on any atom is 0.277 e. The minimum absolute atomic E-state index is 0. The minimum atomic E-state index is -3.14. The normalized spacial score (nSPS) is 10.7. The maximum absolute atomic E-state index is 12.8. The van der Waals surface area contributed by atoms with Gasteiger partial charge in [-0.25, -0.2) is 13.2 Å². The lowest BCUT2D eigenvalue weighted by Crippen LogP contribution is -2.41. The van der Waals surface area contributed by atoms with Crippen LogP contribution in [0.2, 0.25) is 0 Å². The van der Waals surface area contributed by atoms with Gasteiger partial charge in [-0.3, -0.25) is 4.79 Å². The maximum atomic E-state index is 12.8. The Kier molecular flexibility index (Phi) is 6.14. The average Bonchev–Trinajstić information content (AvgIpc) is 2.26. The number of nitrogens with one attached hydrogen (secondary N) is 1. The molecule has 0 radical (unpaired) electrons. The second kappa shape index (κ2) is 6.61. The summed E-state index contributed by atoms with van der Waals surface area (Å²) in [4.78, 5) is 11.5. The summed E-state index contributed by atoms with van der Waals surface area (Å²) in [6, 6.07) is 3.51. The first-order valence-electron chi connectivity index (χ1n) is 4.98. The lowest BCUT2D eigenvalue weighted by atomic mass is 10.1. The molecular weight excluding hydrogens is 269 g/mol. The largest absolute Gasteiger partial charge is 0.346 e. The molecule has 0 heterocycles. The van der Waals surface area contributed by atoms with E-state index >= 15 is 0 Å². The lowest BCUT2D eigenvalue weighted by Gasteiger charge is -2.15. The standard InChI is InChI=1S/C11H13F3N2O.ClH/c1-7-4-8(12)2-3-9(7)10(17)16-6-11(13,14)5-15;/h2-4H,5-6,15H2,1H3,(H,16,17);1H. The van der Waals surface area contributed by atoms with E-state index < -0.39 is 30.7 Å². The molecule has 0 atom stereocenters. The number of amides is 1. The Morgan fingerprint density at radius 1 is 1.44 bits per heavy atom. The molecule has 0 aliphatic rings. The van der Waals surface area contributed by atoms with Crippen molar-refractivity contribution in [1.82, 2.24) is 5.32 Å². The second-order valence-corrected chi connectivity index (χ2v) is 3.70. The molecule has 0 saturated carbocycles. The van der Waals surface area contributed by atoms with E-state index in [1.165, 1.54) is 13.0 Å². The number of carbonyl (C=O) groups excluding carboxylic acids is 1. The molecule has 0 bridgehead atoms. The highest BCUT2D eigenvalue weighted by atomic mass is 35.5. The first kappa shape index (κ1) is 16.7. The fourth-order valence-electron chi connectivity index (χ4n) is 1.26. The Morgan fingerprint density at radius 3 is 2.56 bits per heavy atom. The first-order valence-corrected chi connectivity index (χ1v) is 4.98. The summed E-state index contributed by atoms with van der Waals surface area (Å²) in [6.45, 7) is -0.145. The van der Waals surface area contributed by atoms with Gasteiger partial charge in [0.2, 0.25) is 0 Å². The van der Waals surface area contributed by atoms with Crippen LogP contribution in [0, 0.1) is 12.7 Å². The van der Waals surface area contributed by atoms with Crippen LogP contribution in [0.25, 0.3) is 0 Å². The zero-order valence-electron chi connectivity index (χ0n) is 9.67. The Hall–Kier alpha value is -1.27. The van der Waals surface area contributed by atoms with Gasteiger partial charge in [-0.1, -0.05) is 0 Å². The number of aryl methyl sites for hydroxylation is 1. The highest BCUT2D eigenvalue weighted by molar-refractivity contribution is 5.95. The van der Waals surface area contributed by atoms with E-state index in [0.717, 1.165) is 12.1 Å². The number of alkyl halides is 2. The number of nitrogens with two attached hydrogens (primary N) is 1. The molecule has 0 unspecified atom stereocenters. The van der Waals surface area contributed by atoms with Gasteiger partial charge in [-0.2, -0.15) is 0 Å². The van der Waals surface area contributed by atoms with Crippen LogP contribution in [0.15, 0.2) is 18.2 Å². The predicted octanol–water partition coefficient (Wildman–Crippen LogP) is 1.88. The minimum Gasteiger partial charge on any atom is -0.346 e. The smallest absolute Gasteiger partial charge is 0.277 e. The van der Waals surface area contributed by atoms with Crippen LogP contribution >= 0.6 is 12.4 Å². The SMILES string of the molecule is Cc1cc(F)ccc1C(=O)NCC(F)(F)CN.Cl. The summed E-state index contributed by atoms with van der Waals surface area (Å²) < 4.78 is 38.4. The van der Waals surface area contributed by atoms with Crippen LogP contribution in [0.5, 0.6) is 0 Å². The zero-order valence-corrected chi connectivity index (χ0v) is 10.5. The molecule has 0 saturated heterocycles. The highest BCUT2D eigenvalue weighted by Crippen LogP contribution is 2.12. The molecule has 3 N–H and O–H groups in total. The van der Waals surface area contributed by atoms with Gasteiger partial charge in [0.05, 0.1) is 13.1 Å². The number of rotatable bonds is 4. The van der Waals surface area contributed by atoms with E-state index in [9.17, 15) is 18.0 Å². The molecule has 18 heavy (non-hydrogen) atoms. The third-order valence-electron chi connectivity index (χ3n) is 2.24. The third kappa shape index (κ3) is 4.54. The van der Waals surface area contributed by atoms with Gasteiger partial charge in [0.15, 0.2) is 0 Å². The van der Waals surface area contributed by atoms with Crippen molar-refractivity contribution in [3.63, 3.8) is 0 Å². The molecule has 3 nitrogen and oxygen atoms in total. The van der Waals surface area contributed by atoms with Gasteiger partial charge in [-0.05, 0) is 30.7 Å². The summed E-state index contributed by atoms with van der Waals surface area (Å²) in [7, 11) is 0. The molecule has 0 aliphatic heterocycles. The summed E-state index contributed by atoms with van der Waals surface area (Å²) in [5.41, 5.74) is 5.38. The van der Waals surface area contributed by atoms with Crippen LogP contribution in [0.4, 0.5) is 13.2 Å². The topological polar surface area (TPSA) is 55.1 Å². The van der Waals surface area contributed by atoms with Crippen molar-refractivity contribution in [1.29, 1.82) is 0 Å². The Morgan fingerprint density at radius 2 is 2.06 bits per heavy atom. The van der Waals surface area contributed by atoms with Gasteiger partial charge in [0.25, 0.3) is 11.8 Å². The Bertz CT molecular complexity index is 427. The summed E-state index contributed by atoms with van der Waals surface area (Å²) in [5.74, 6) is -4.29. The van der Waals surface area contributed by atoms with Gasteiger partial charge >= 0.3 is 0 Å². The fourth-order valence-corrected chi connectivity index (χ4v) is 1.26. The summed E-state index contributed by atoms with van der Waals surface area (Å²) in [6.07, 6.45) is 0. The van der Waals surface area contributed by atoms with E-state index in [1.54, 1.807) is 0 Å². The molecule has 0 aliphatic carbocycles. The molecule has 0 spiro atoms. The molecule has 0 fully saturated rings. The molecule has 1 aromatic rings. The average molecular weight is 283 g/mol. The van der Waals surface area contributed by atoms with Crippen molar-refractivity contribution in [3.05, 3.63) is 35.1 Å². The fraction of sp³-hybridized carbons (Fsp3) is 0.364. The van der Waals surface area contributed by atoms with Gasteiger partial charge in [0, 0.05) is 5.56 Å². The van der Waals surface area contributed by atoms with E-state index in [2.05, 4.69) is 5.32 Å². The summed E-state index contributed by atoms with van der Waals surface area (Å²) in [5, 5.41) is 2.06.